The third kappa shape index (κ3) is 6.27. The van der Waals surface area contributed by atoms with E-state index in [1.807, 2.05) is 0 Å². The molecule has 2 rings (SSSR count). The van der Waals surface area contributed by atoms with Crippen LogP contribution in [0.3, 0.4) is 0 Å². The Morgan fingerprint density at radius 1 is 1.18 bits per heavy atom. The number of phenols is 1. The maximum Gasteiger partial charge on any atom is 0.387 e. The number of aromatic hydroxyl groups is 1. The number of hydrogen-bond acceptors (Lipinski definition) is 6. The van der Waals surface area contributed by atoms with Gasteiger partial charge >= 0.3 is 12.6 Å². The molecule has 0 aliphatic heterocycles. The molecule has 28 heavy (non-hydrogen) atoms. The molecule has 0 unspecified atom stereocenters. The first kappa shape index (κ1) is 20.7. The summed E-state index contributed by atoms with van der Waals surface area (Å²) in [5.41, 5.74) is 0.588. The standard InChI is InChI=1S/C19H17F2NO6/c1-26-16-10-12(6-8-14(16)23)7-9-18(25)27-11-17(24)22-13-4-2-3-5-15(13)28-19(20)21/h2-10,19,23H,11H2,1H3,(H,22,24)/b9-7+. The number of alkyl halides is 2. The number of ether oxygens (including phenoxy) is 3. The summed E-state index contributed by atoms with van der Waals surface area (Å²) in [6.45, 7) is -3.66. The van der Waals surface area contributed by atoms with E-state index in [4.69, 9.17) is 9.47 Å². The van der Waals surface area contributed by atoms with Crippen molar-refractivity contribution in [3.8, 4) is 17.2 Å². The molecule has 0 atom stereocenters. The highest BCUT2D eigenvalue weighted by Gasteiger charge is 2.12. The van der Waals surface area contributed by atoms with Gasteiger partial charge in [-0.1, -0.05) is 18.2 Å². The second-order valence-electron chi connectivity index (χ2n) is 5.30. The molecule has 148 valence electrons. The Balaban J connectivity index is 1.88. The predicted octanol–water partition coefficient (Wildman–Crippen LogP) is 3.20. The quantitative estimate of drug-likeness (QED) is 0.528. The molecule has 7 nitrogen and oxygen atoms in total. The van der Waals surface area contributed by atoms with Crippen molar-refractivity contribution in [1.29, 1.82) is 0 Å². The van der Waals surface area contributed by atoms with Gasteiger partial charge in [-0.3, -0.25) is 4.79 Å². The predicted molar refractivity (Wildman–Crippen MR) is 96.4 cm³/mol. The second kappa shape index (κ2) is 9.91. The van der Waals surface area contributed by atoms with E-state index in [-0.39, 0.29) is 22.9 Å². The summed E-state index contributed by atoms with van der Waals surface area (Å²) in [6.07, 6.45) is 2.50. The van der Waals surface area contributed by atoms with Crippen molar-refractivity contribution in [2.24, 2.45) is 0 Å². The first-order valence-corrected chi connectivity index (χ1v) is 7.94. The molecule has 0 saturated heterocycles. The lowest BCUT2D eigenvalue weighted by molar-refractivity contribution is -0.142. The Bertz CT molecular complexity index is 869. The number of halogens is 2. The first-order chi connectivity index (χ1) is 13.4. The Labute approximate surface area is 159 Å². The van der Waals surface area contributed by atoms with E-state index in [0.29, 0.717) is 5.56 Å². The third-order valence-electron chi connectivity index (χ3n) is 3.34. The summed E-state index contributed by atoms with van der Waals surface area (Å²) in [5, 5.41) is 11.8. The van der Waals surface area contributed by atoms with Crippen LogP contribution in [0.1, 0.15) is 5.56 Å². The summed E-state index contributed by atoms with van der Waals surface area (Å²) in [6, 6.07) is 10.1. The van der Waals surface area contributed by atoms with Crippen molar-refractivity contribution < 1.29 is 37.7 Å². The molecule has 0 spiro atoms. The molecular formula is C19H17F2NO6. The zero-order valence-electron chi connectivity index (χ0n) is 14.7. The van der Waals surface area contributed by atoms with Crippen molar-refractivity contribution in [2.45, 2.75) is 6.61 Å². The monoisotopic (exact) mass is 393 g/mol. The van der Waals surface area contributed by atoms with Crippen molar-refractivity contribution >= 4 is 23.6 Å². The fourth-order valence-corrected chi connectivity index (χ4v) is 2.10. The fourth-order valence-electron chi connectivity index (χ4n) is 2.10. The van der Waals surface area contributed by atoms with Crippen LogP contribution in [0.5, 0.6) is 17.2 Å². The molecule has 0 saturated carbocycles. The van der Waals surface area contributed by atoms with Crippen LogP contribution in [-0.4, -0.2) is 37.3 Å². The number of amides is 1. The van der Waals surface area contributed by atoms with E-state index in [0.717, 1.165) is 6.08 Å². The maximum atomic E-state index is 12.4. The van der Waals surface area contributed by atoms with Gasteiger partial charge in [0.25, 0.3) is 5.91 Å². The average molecular weight is 393 g/mol. The summed E-state index contributed by atoms with van der Waals surface area (Å²) < 4.78 is 38.7. The largest absolute Gasteiger partial charge is 0.504 e. The summed E-state index contributed by atoms with van der Waals surface area (Å²) >= 11 is 0. The van der Waals surface area contributed by atoms with Crippen LogP contribution in [0.25, 0.3) is 6.08 Å². The van der Waals surface area contributed by atoms with Crippen LogP contribution in [-0.2, 0) is 14.3 Å². The number of esters is 1. The van der Waals surface area contributed by atoms with Crippen LogP contribution in [0.4, 0.5) is 14.5 Å². The van der Waals surface area contributed by atoms with Crippen molar-refractivity contribution in [1.82, 2.24) is 0 Å². The molecular weight excluding hydrogens is 376 g/mol. The number of carbonyl (C=O) groups excluding carboxylic acids is 2. The number of benzene rings is 2. The maximum absolute atomic E-state index is 12.4. The van der Waals surface area contributed by atoms with Gasteiger partial charge in [0.15, 0.2) is 18.1 Å². The van der Waals surface area contributed by atoms with Crippen LogP contribution >= 0.6 is 0 Å². The minimum atomic E-state index is -3.04. The van der Waals surface area contributed by atoms with Crippen LogP contribution in [0, 0.1) is 0 Å². The number of methoxy groups -OCH3 is 1. The highest BCUT2D eigenvalue weighted by molar-refractivity contribution is 5.95. The van der Waals surface area contributed by atoms with E-state index < -0.39 is 25.1 Å². The van der Waals surface area contributed by atoms with Crippen LogP contribution < -0.4 is 14.8 Å². The van der Waals surface area contributed by atoms with Gasteiger partial charge in [0.05, 0.1) is 12.8 Å². The smallest absolute Gasteiger partial charge is 0.387 e. The van der Waals surface area contributed by atoms with Gasteiger partial charge in [0.2, 0.25) is 0 Å². The highest BCUT2D eigenvalue weighted by atomic mass is 19.3. The molecule has 0 aliphatic carbocycles. The van der Waals surface area contributed by atoms with Gasteiger partial charge in [0, 0.05) is 6.08 Å². The molecule has 0 fully saturated rings. The van der Waals surface area contributed by atoms with E-state index >= 15 is 0 Å². The van der Waals surface area contributed by atoms with Gasteiger partial charge in [-0.25, -0.2) is 4.79 Å². The van der Waals surface area contributed by atoms with E-state index in [1.165, 1.54) is 49.6 Å². The third-order valence-corrected chi connectivity index (χ3v) is 3.34. The molecule has 9 heteroatoms. The Kier molecular flexibility index (Phi) is 7.32. The van der Waals surface area contributed by atoms with Gasteiger partial charge in [-0.15, -0.1) is 0 Å². The normalized spacial score (nSPS) is 10.7. The number of nitrogens with one attached hydrogen (secondary N) is 1. The molecule has 2 aromatic rings. The Morgan fingerprint density at radius 2 is 1.93 bits per heavy atom. The topological polar surface area (TPSA) is 94.1 Å². The minimum absolute atomic E-state index is 0.0237. The molecule has 0 heterocycles. The van der Waals surface area contributed by atoms with E-state index in [2.05, 4.69) is 10.1 Å². The summed E-state index contributed by atoms with van der Waals surface area (Å²) in [5.74, 6) is -1.54. The average Bonchev–Trinajstić information content (AvgIpc) is 2.67. The second-order valence-corrected chi connectivity index (χ2v) is 5.30. The molecule has 2 N–H and O–H groups in total. The minimum Gasteiger partial charge on any atom is -0.504 e. The Hall–Kier alpha value is -3.62. The molecule has 0 bridgehead atoms. The zero-order valence-corrected chi connectivity index (χ0v) is 14.7. The highest BCUT2D eigenvalue weighted by Crippen LogP contribution is 2.27. The van der Waals surface area contributed by atoms with Gasteiger partial charge in [0.1, 0.15) is 5.75 Å². The lowest BCUT2D eigenvalue weighted by Crippen LogP contribution is -2.20. The zero-order chi connectivity index (χ0) is 20.5. The number of phenolic OH excluding ortho intramolecular Hbond substituents is 1. The van der Waals surface area contributed by atoms with Crippen molar-refractivity contribution in [3.05, 3.63) is 54.1 Å². The van der Waals surface area contributed by atoms with E-state index in [9.17, 15) is 23.5 Å². The molecule has 0 radical (unpaired) electrons. The number of rotatable bonds is 8. The van der Waals surface area contributed by atoms with Gasteiger partial charge in [-0.05, 0) is 35.9 Å². The summed E-state index contributed by atoms with van der Waals surface area (Å²) in [7, 11) is 1.39. The van der Waals surface area contributed by atoms with Crippen LogP contribution in [0.15, 0.2) is 48.5 Å². The lowest BCUT2D eigenvalue weighted by atomic mass is 10.2. The van der Waals surface area contributed by atoms with Gasteiger partial charge in [-0.2, -0.15) is 8.78 Å². The number of hydrogen-bond donors (Lipinski definition) is 2. The van der Waals surface area contributed by atoms with Crippen molar-refractivity contribution in [3.63, 3.8) is 0 Å². The fraction of sp³-hybridized carbons (Fsp3) is 0.158. The lowest BCUT2D eigenvalue weighted by Gasteiger charge is -2.11. The SMILES string of the molecule is COc1cc(/C=C/C(=O)OCC(=O)Nc2ccccc2OC(F)F)ccc1O. The molecule has 2 aromatic carbocycles. The molecule has 0 aromatic heterocycles. The number of anilines is 1. The van der Waals surface area contributed by atoms with Crippen molar-refractivity contribution in [2.75, 3.05) is 19.0 Å². The summed E-state index contributed by atoms with van der Waals surface area (Å²) in [4.78, 5) is 23.6. The molecule has 1 amide bonds. The van der Waals surface area contributed by atoms with Gasteiger partial charge < -0.3 is 24.6 Å². The molecule has 0 aliphatic rings. The number of carbonyl (C=O) groups is 2. The number of para-hydroxylation sites is 2. The first-order valence-electron chi connectivity index (χ1n) is 7.94. The van der Waals surface area contributed by atoms with Crippen LogP contribution in [0.2, 0.25) is 0 Å². The Morgan fingerprint density at radius 3 is 2.64 bits per heavy atom. The van der Waals surface area contributed by atoms with E-state index in [1.54, 1.807) is 6.07 Å².